The second-order valence-electron chi connectivity index (χ2n) is 7.13. The SMILES string of the molecule is Cc1cc(S(=O)(=O)NCCSC2CCCCC2)ccc1N1CCCC1=O. The zero-order valence-electron chi connectivity index (χ0n) is 15.4. The quantitative estimate of drug-likeness (QED) is 0.717. The van der Waals surface area contributed by atoms with Crippen LogP contribution in [0.4, 0.5) is 5.69 Å². The number of thioether (sulfide) groups is 1. The Labute approximate surface area is 161 Å². The maximum atomic E-state index is 12.5. The van der Waals surface area contributed by atoms with Crippen molar-refractivity contribution in [3.8, 4) is 0 Å². The van der Waals surface area contributed by atoms with Crippen LogP contribution in [0.15, 0.2) is 23.1 Å². The summed E-state index contributed by atoms with van der Waals surface area (Å²) < 4.78 is 27.8. The highest BCUT2D eigenvalue weighted by Gasteiger charge is 2.24. The first-order chi connectivity index (χ1) is 12.5. The van der Waals surface area contributed by atoms with Gasteiger partial charge in [0.2, 0.25) is 15.9 Å². The Bertz CT molecular complexity index is 743. The van der Waals surface area contributed by atoms with Gasteiger partial charge in [-0.15, -0.1) is 0 Å². The van der Waals surface area contributed by atoms with Gasteiger partial charge in [0.25, 0.3) is 0 Å². The van der Waals surface area contributed by atoms with Crippen LogP contribution in [0.1, 0.15) is 50.5 Å². The summed E-state index contributed by atoms with van der Waals surface area (Å²) in [6.07, 6.45) is 7.88. The number of carbonyl (C=O) groups excluding carboxylic acids is 1. The van der Waals surface area contributed by atoms with E-state index in [-0.39, 0.29) is 10.8 Å². The zero-order valence-corrected chi connectivity index (χ0v) is 17.0. The van der Waals surface area contributed by atoms with E-state index in [9.17, 15) is 13.2 Å². The summed E-state index contributed by atoms with van der Waals surface area (Å²) in [5.41, 5.74) is 1.64. The van der Waals surface area contributed by atoms with Gasteiger partial charge in [-0.25, -0.2) is 13.1 Å². The van der Waals surface area contributed by atoms with E-state index in [4.69, 9.17) is 0 Å². The van der Waals surface area contributed by atoms with E-state index in [1.54, 1.807) is 23.1 Å². The predicted molar refractivity (Wildman–Crippen MR) is 107 cm³/mol. The van der Waals surface area contributed by atoms with Gasteiger partial charge in [-0.3, -0.25) is 4.79 Å². The molecule has 1 aliphatic heterocycles. The van der Waals surface area contributed by atoms with Crippen LogP contribution in [0, 0.1) is 6.92 Å². The Morgan fingerprint density at radius 3 is 2.62 bits per heavy atom. The number of hydrogen-bond acceptors (Lipinski definition) is 4. The molecule has 26 heavy (non-hydrogen) atoms. The molecule has 7 heteroatoms. The van der Waals surface area contributed by atoms with Crippen molar-refractivity contribution >= 4 is 33.4 Å². The minimum absolute atomic E-state index is 0.113. The monoisotopic (exact) mass is 396 g/mol. The van der Waals surface area contributed by atoms with Gasteiger partial charge in [0.1, 0.15) is 0 Å². The van der Waals surface area contributed by atoms with Crippen molar-refractivity contribution in [1.82, 2.24) is 4.72 Å². The highest BCUT2D eigenvalue weighted by Crippen LogP contribution is 2.29. The van der Waals surface area contributed by atoms with E-state index in [2.05, 4.69) is 4.72 Å². The summed E-state index contributed by atoms with van der Waals surface area (Å²) in [4.78, 5) is 13.9. The van der Waals surface area contributed by atoms with Crippen LogP contribution in [-0.4, -0.2) is 38.4 Å². The lowest BCUT2D eigenvalue weighted by Gasteiger charge is -2.21. The number of hydrogen-bond donors (Lipinski definition) is 1. The van der Waals surface area contributed by atoms with Gasteiger partial charge in [0, 0.05) is 36.2 Å². The molecule has 0 unspecified atom stereocenters. The van der Waals surface area contributed by atoms with Crippen LogP contribution in [0.3, 0.4) is 0 Å². The highest BCUT2D eigenvalue weighted by atomic mass is 32.2. The molecular weight excluding hydrogens is 368 g/mol. The molecule has 0 radical (unpaired) electrons. The van der Waals surface area contributed by atoms with Gasteiger partial charge < -0.3 is 4.90 Å². The smallest absolute Gasteiger partial charge is 0.240 e. The third-order valence-corrected chi connectivity index (χ3v) is 7.98. The molecule has 2 fully saturated rings. The topological polar surface area (TPSA) is 66.5 Å². The molecule has 1 amide bonds. The number of rotatable bonds is 7. The molecule has 1 saturated carbocycles. The van der Waals surface area contributed by atoms with E-state index in [0.29, 0.717) is 24.8 Å². The highest BCUT2D eigenvalue weighted by molar-refractivity contribution is 8.00. The van der Waals surface area contributed by atoms with E-state index in [1.165, 1.54) is 32.1 Å². The molecule has 5 nitrogen and oxygen atoms in total. The van der Waals surface area contributed by atoms with Crippen LogP contribution in [0.25, 0.3) is 0 Å². The Kier molecular flexibility index (Phi) is 6.64. The van der Waals surface area contributed by atoms with E-state index in [1.807, 2.05) is 18.7 Å². The maximum Gasteiger partial charge on any atom is 0.240 e. The van der Waals surface area contributed by atoms with Crippen LogP contribution >= 0.6 is 11.8 Å². The molecule has 144 valence electrons. The van der Waals surface area contributed by atoms with E-state index >= 15 is 0 Å². The van der Waals surface area contributed by atoms with Gasteiger partial charge in [0.15, 0.2) is 0 Å². The number of nitrogens with one attached hydrogen (secondary N) is 1. The lowest BCUT2D eigenvalue weighted by molar-refractivity contribution is -0.117. The zero-order chi connectivity index (χ0) is 18.6. The number of benzene rings is 1. The second-order valence-corrected chi connectivity index (χ2v) is 10.3. The minimum Gasteiger partial charge on any atom is -0.312 e. The number of anilines is 1. The first kappa shape index (κ1) is 19.7. The fourth-order valence-corrected chi connectivity index (χ4v) is 6.18. The molecule has 0 atom stereocenters. The molecule has 1 aromatic rings. The number of carbonyl (C=O) groups is 1. The third-order valence-electron chi connectivity index (χ3n) is 5.14. The molecular formula is C19H28N2O3S2. The van der Waals surface area contributed by atoms with Gasteiger partial charge in [-0.1, -0.05) is 19.3 Å². The molecule has 1 N–H and O–H groups in total. The van der Waals surface area contributed by atoms with Crippen molar-refractivity contribution < 1.29 is 13.2 Å². The predicted octanol–water partition coefficient (Wildman–Crippen LogP) is 3.47. The van der Waals surface area contributed by atoms with Gasteiger partial charge >= 0.3 is 0 Å². The van der Waals surface area contributed by atoms with Gasteiger partial charge in [-0.05, 0) is 49.9 Å². The fraction of sp³-hybridized carbons (Fsp3) is 0.632. The summed E-state index contributed by atoms with van der Waals surface area (Å²) in [6, 6.07) is 5.02. The molecule has 0 aromatic heterocycles. The summed E-state index contributed by atoms with van der Waals surface area (Å²) in [7, 11) is -3.51. The normalized spacial score (nSPS) is 19.3. The van der Waals surface area contributed by atoms with Crippen LogP contribution in [0.5, 0.6) is 0 Å². The minimum atomic E-state index is -3.51. The molecule has 1 saturated heterocycles. The van der Waals surface area contributed by atoms with Crippen molar-refractivity contribution in [1.29, 1.82) is 0 Å². The molecule has 3 rings (SSSR count). The molecule has 1 heterocycles. The van der Waals surface area contributed by atoms with Crippen molar-refractivity contribution in [2.75, 3.05) is 23.7 Å². The van der Waals surface area contributed by atoms with Crippen molar-refractivity contribution in [2.45, 2.75) is 62.0 Å². The maximum absolute atomic E-state index is 12.5. The van der Waals surface area contributed by atoms with Gasteiger partial charge in [-0.2, -0.15) is 11.8 Å². The summed E-state index contributed by atoms with van der Waals surface area (Å²) >= 11 is 1.88. The van der Waals surface area contributed by atoms with Crippen LogP contribution < -0.4 is 9.62 Å². The van der Waals surface area contributed by atoms with E-state index in [0.717, 1.165) is 23.4 Å². The molecule has 0 bridgehead atoms. The van der Waals surface area contributed by atoms with Crippen LogP contribution in [0.2, 0.25) is 0 Å². The molecule has 1 aromatic carbocycles. The van der Waals surface area contributed by atoms with Crippen LogP contribution in [-0.2, 0) is 14.8 Å². The largest absolute Gasteiger partial charge is 0.312 e. The fourth-order valence-electron chi connectivity index (χ4n) is 3.72. The molecule has 0 spiro atoms. The molecule has 2 aliphatic rings. The summed E-state index contributed by atoms with van der Waals surface area (Å²) in [5, 5.41) is 0.688. The second kappa shape index (κ2) is 8.76. The number of nitrogens with zero attached hydrogens (tertiary/aromatic N) is 1. The van der Waals surface area contributed by atoms with Crippen molar-refractivity contribution in [3.05, 3.63) is 23.8 Å². The summed E-state index contributed by atoms with van der Waals surface area (Å²) in [5.74, 6) is 0.921. The van der Waals surface area contributed by atoms with Crippen molar-refractivity contribution in [2.24, 2.45) is 0 Å². The number of aryl methyl sites for hydroxylation is 1. The number of sulfonamides is 1. The van der Waals surface area contributed by atoms with E-state index < -0.39 is 10.0 Å². The Balaban J connectivity index is 1.56. The number of amides is 1. The Morgan fingerprint density at radius 2 is 1.96 bits per heavy atom. The van der Waals surface area contributed by atoms with Gasteiger partial charge in [0.05, 0.1) is 4.90 Å². The first-order valence-corrected chi connectivity index (χ1v) is 12.0. The average molecular weight is 397 g/mol. The third kappa shape index (κ3) is 4.81. The standard InChI is InChI=1S/C19H28N2O3S2/c1-15-14-17(9-10-18(15)21-12-5-8-19(21)22)26(23,24)20-11-13-25-16-6-3-2-4-7-16/h9-10,14,16,20H,2-8,11-13H2,1H3. The Hall–Kier alpha value is -1.05. The lowest BCUT2D eigenvalue weighted by atomic mass is 10.0. The Morgan fingerprint density at radius 1 is 1.19 bits per heavy atom. The lowest BCUT2D eigenvalue weighted by Crippen LogP contribution is -2.27. The van der Waals surface area contributed by atoms with Crippen molar-refractivity contribution in [3.63, 3.8) is 0 Å². The first-order valence-electron chi connectivity index (χ1n) is 9.50. The average Bonchev–Trinajstić information content (AvgIpc) is 3.05. The molecule has 1 aliphatic carbocycles. The summed E-state index contributed by atoms with van der Waals surface area (Å²) in [6.45, 7) is 3.02.